The average Bonchev–Trinajstić information content (AvgIpc) is 3.13. The van der Waals surface area contributed by atoms with Crippen molar-refractivity contribution in [1.29, 1.82) is 0 Å². The molecule has 0 bridgehead atoms. The molecule has 0 fully saturated rings. The lowest BCUT2D eigenvalue weighted by atomic mass is 9.95. The minimum atomic E-state index is 0. The lowest BCUT2D eigenvalue weighted by Gasteiger charge is -2.43. The summed E-state index contributed by atoms with van der Waals surface area (Å²) in [5.41, 5.74) is 0. The third-order valence-corrected chi connectivity index (χ3v) is 12.7. The van der Waals surface area contributed by atoms with Crippen molar-refractivity contribution >= 4 is 0 Å². The molecule has 0 saturated heterocycles. The standard InChI is InChI=1S/C50H104N.BrH/c1-6-10-14-18-22-26-30-34-38-42-46-50(47-43-39-35-31-27-23-19-15-11-7-2)51(5,48-44-40-36-32-28-24-20-16-12-8-3)49-45-41-37-33-29-25-21-17-13-9-4;/h50H,6-49H2,1-5H3;1H/q+1;/p-1. The molecule has 0 amide bonds. The Morgan fingerprint density at radius 1 is 0.250 bits per heavy atom. The average molecular weight is 799 g/mol. The molecule has 0 aromatic rings. The van der Waals surface area contributed by atoms with Gasteiger partial charge >= 0.3 is 0 Å². The minimum Gasteiger partial charge on any atom is -1.00 e. The fraction of sp³-hybridized carbons (Fsp3) is 1.00. The van der Waals surface area contributed by atoms with Crippen LogP contribution in [0.2, 0.25) is 0 Å². The highest BCUT2D eigenvalue weighted by atomic mass is 79.9. The molecular weight excluding hydrogens is 694 g/mol. The molecule has 0 heterocycles. The fourth-order valence-corrected chi connectivity index (χ4v) is 8.90. The number of nitrogens with zero attached hydrogens (tertiary/aromatic N) is 1. The van der Waals surface area contributed by atoms with E-state index in [9.17, 15) is 0 Å². The summed E-state index contributed by atoms with van der Waals surface area (Å²) in [7, 11) is 2.73. The van der Waals surface area contributed by atoms with E-state index < -0.39 is 0 Å². The fourth-order valence-electron chi connectivity index (χ4n) is 8.90. The topological polar surface area (TPSA) is 0 Å². The molecule has 1 nitrogen and oxygen atoms in total. The van der Waals surface area contributed by atoms with E-state index in [1.165, 1.54) is 287 Å². The molecule has 0 aromatic carbocycles. The summed E-state index contributed by atoms with van der Waals surface area (Å²) in [6, 6.07) is 0.908. The molecule has 0 rings (SSSR count). The van der Waals surface area contributed by atoms with Crippen LogP contribution in [0, 0.1) is 0 Å². The molecule has 0 N–H and O–H groups in total. The van der Waals surface area contributed by atoms with E-state index in [4.69, 9.17) is 0 Å². The first-order valence-electron chi connectivity index (χ1n) is 25.0. The van der Waals surface area contributed by atoms with Gasteiger partial charge in [-0.2, -0.15) is 0 Å². The van der Waals surface area contributed by atoms with Gasteiger partial charge in [-0.1, -0.05) is 246 Å². The second kappa shape index (κ2) is 45.8. The number of halogens is 1. The van der Waals surface area contributed by atoms with Gasteiger partial charge in [0.15, 0.2) is 0 Å². The molecule has 0 atom stereocenters. The molecule has 0 aliphatic heterocycles. The summed E-state index contributed by atoms with van der Waals surface area (Å²) in [6.07, 6.45) is 61.5. The van der Waals surface area contributed by atoms with Gasteiger partial charge in [0.2, 0.25) is 0 Å². The Hall–Kier alpha value is 0.440. The Kier molecular flexibility index (Phi) is 48.1. The van der Waals surface area contributed by atoms with Crippen molar-refractivity contribution < 1.29 is 21.5 Å². The van der Waals surface area contributed by atoms with E-state index in [0.717, 1.165) is 6.04 Å². The second-order valence-electron chi connectivity index (χ2n) is 17.9. The van der Waals surface area contributed by atoms with Crippen molar-refractivity contribution in [3.8, 4) is 0 Å². The summed E-state index contributed by atoms with van der Waals surface area (Å²) >= 11 is 0. The molecule has 0 aromatic heterocycles. The third kappa shape index (κ3) is 38.7. The summed E-state index contributed by atoms with van der Waals surface area (Å²) in [4.78, 5) is 0. The second-order valence-corrected chi connectivity index (χ2v) is 17.9. The van der Waals surface area contributed by atoms with Crippen LogP contribution < -0.4 is 17.0 Å². The molecule has 0 aliphatic rings. The highest BCUT2D eigenvalue weighted by Crippen LogP contribution is 2.27. The van der Waals surface area contributed by atoms with Crippen LogP contribution in [-0.2, 0) is 0 Å². The van der Waals surface area contributed by atoms with Gasteiger partial charge in [0.25, 0.3) is 0 Å². The van der Waals surface area contributed by atoms with Gasteiger partial charge in [0.1, 0.15) is 0 Å². The number of hydrogen-bond donors (Lipinski definition) is 0. The SMILES string of the molecule is CCCCCCCCCCCCC(CCCCCCCCCCCC)[N+](C)(CCCCCCCCCCCC)CCCCCCCCCCCC.[Br-]. The number of hydrogen-bond acceptors (Lipinski definition) is 0. The molecule has 0 spiro atoms. The zero-order chi connectivity index (χ0) is 37.2. The molecule has 316 valence electrons. The molecular formula is C50H104BrN. The van der Waals surface area contributed by atoms with E-state index in [2.05, 4.69) is 34.7 Å². The van der Waals surface area contributed by atoms with Gasteiger partial charge in [0.05, 0.1) is 26.2 Å². The predicted molar refractivity (Wildman–Crippen MR) is 236 cm³/mol. The van der Waals surface area contributed by atoms with Crippen molar-refractivity contribution in [1.82, 2.24) is 0 Å². The Labute approximate surface area is 343 Å². The monoisotopic (exact) mass is 798 g/mol. The van der Waals surface area contributed by atoms with E-state index in [1.807, 2.05) is 0 Å². The zero-order valence-corrected chi connectivity index (χ0v) is 39.1. The van der Waals surface area contributed by atoms with Crippen molar-refractivity contribution in [3.63, 3.8) is 0 Å². The van der Waals surface area contributed by atoms with E-state index in [1.54, 1.807) is 0 Å². The smallest absolute Gasteiger partial charge is 0.0888 e. The predicted octanol–water partition coefficient (Wildman–Crippen LogP) is 15.3. The summed E-state index contributed by atoms with van der Waals surface area (Å²) in [6.45, 7) is 12.2. The van der Waals surface area contributed by atoms with Crippen LogP contribution >= 0.6 is 0 Å². The Bertz CT molecular complexity index is 571. The quantitative estimate of drug-likeness (QED) is 0.0425. The van der Waals surface area contributed by atoms with Crippen LogP contribution in [0.5, 0.6) is 0 Å². The normalized spacial score (nSPS) is 11.9. The number of quaternary nitrogens is 1. The van der Waals surface area contributed by atoms with Crippen LogP contribution in [0.3, 0.4) is 0 Å². The molecule has 0 saturated carbocycles. The van der Waals surface area contributed by atoms with Crippen molar-refractivity contribution in [3.05, 3.63) is 0 Å². The van der Waals surface area contributed by atoms with Gasteiger partial charge in [-0.25, -0.2) is 0 Å². The summed E-state index contributed by atoms with van der Waals surface area (Å²) in [5.74, 6) is 0. The van der Waals surface area contributed by atoms with E-state index in [-0.39, 0.29) is 17.0 Å². The zero-order valence-electron chi connectivity index (χ0n) is 37.5. The van der Waals surface area contributed by atoms with Crippen LogP contribution in [0.4, 0.5) is 0 Å². The molecule has 0 aliphatic carbocycles. The first-order chi connectivity index (χ1) is 25.1. The Morgan fingerprint density at radius 3 is 0.635 bits per heavy atom. The van der Waals surface area contributed by atoms with Crippen LogP contribution in [0.15, 0.2) is 0 Å². The van der Waals surface area contributed by atoms with Crippen LogP contribution in [0.1, 0.15) is 297 Å². The lowest BCUT2D eigenvalue weighted by Crippen LogP contribution is -3.00. The maximum atomic E-state index is 2.73. The first-order valence-corrected chi connectivity index (χ1v) is 25.0. The highest BCUT2D eigenvalue weighted by Gasteiger charge is 2.31. The molecule has 0 unspecified atom stereocenters. The third-order valence-electron chi connectivity index (χ3n) is 12.7. The van der Waals surface area contributed by atoms with Gasteiger partial charge in [-0.15, -0.1) is 0 Å². The van der Waals surface area contributed by atoms with Gasteiger partial charge < -0.3 is 21.5 Å². The molecule has 2 heteroatoms. The maximum absolute atomic E-state index is 2.73. The van der Waals surface area contributed by atoms with Gasteiger partial charge in [-0.3, -0.25) is 0 Å². The summed E-state index contributed by atoms with van der Waals surface area (Å²) in [5, 5.41) is 0. The van der Waals surface area contributed by atoms with Crippen LogP contribution in [-0.4, -0.2) is 30.7 Å². The van der Waals surface area contributed by atoms with E-state index in [0.29, 0.717) is 0 Å². The van der Waals surface area contributed by atoms with Crippen molar-refractivity contribution in [2.24, 2.45) is 0 Å². The van der Waals surface area contributed by atoms with Gasteiger partial charge in [0, 0.05) is 0 Å². The molecule has 0 radical (unpaired) electrons. The summed E-state index contributed by atoms with van der Waals surface area (Å²) < 4.78 is 1.41. The molecule has 52 heavy (non-hydrogen) atoms. The maximum Gasteiger partial charge on any atom is 0.0888 e. The minimum absolute atomic E-state index is 0. The lowest BCUT2D eigenvalue weighted by molar-refractivity contribution is -0.934. The number of unbranched alkanes of at least 4 members (excludes halogenated alkanes) is 36. The Balaban J connectivity index is 0. The van der Waals surface area contributed by atoms with Crippen LogP contribution in [0.25, 0.3) is 0 Å². The van der Waals surface area contributed by atoms with Crippen molar-refractivity contribution in [2.45, 2.75) is 303 Å². The first kappa shape index (κ1) is 54.5. The Morgan fingerprint density at radius 2 is 0.423 bits per heavy atom. The highest BCUT2D eigenvalue weighted by molar-refractivity contribution is 4.64. The van der Waals surface area contributed by atoms with Crippen molar-refractivity contribution in [2.75, 3.05) is 20.1 Å². The largest absolute Gasteiger partial charge is 1.00 e. The number of rotatable bonds is 45. The van der Waals surface area contributed by atoms with Gasteiger partial charge in [-0.05, 0) is 51.4 Å². The van der Waals surface area contributed by atoms with E-state index >= 15 is 0 Å².